The van der Waals surface area contributed by atoms with E-state index in [1.165, 1.54) is 13.8 Å². The molecule has 25 atom stereocenters. The van der Waals surface area contributed by atoms with E-state index in [2.05, 4.69) is 10.6 Å². The molecule has 60 heavy (non-hydrogen) atoms. The molecule has 1 unspecified atom stereocenters. The Morgan fingerprint density at radius 2 is 0.767 bits per heavy atom. The molecule has 5 fully saturated rings. The van der Waals surface area contributed by atoms with Crippen LogP contribution in [0.4, 0.5) is 0 Å². The second-order valence-electron chi connectivity index (χ2n) is 15.4. The fourth-order valence-corrected chi connectivity index (χ4v) is 7.70. The van der Waals surface area contributed by atoms with Gasteiger partial charge in [-0.15, -0.1) is 0 Å². The number of hydrogen-bond acceptors (Lipinski definition) is 24. The second-order valence-corrected chi connectivity index (χ2v) is 15.4. The lowest BCUT2D eigenvalue weighted by Crippen LogP contribution is -2.71. The van der Waals surface area contributed by atoms with Gasteiger partial charge in [0.05, 0.1) is 32.0 Å². The number of nitrogens with one attached hydrogen (secondary N) is 2. The monoisotopic (exact) mass is 878 g/mol. The van der Waals surface area contributed by atoms with Crippen molar-refractivity contribution in [1.82, 2.24) is 10.6 Å². The highest BCUT2D eigenvalue weighted by molar-refractivity contribution is 5.73. The fourth-order valence-electron chi connectivity index (χ4n) is 7.70. The summed E-state index contributed by atoms with van der Waals surface area (Å²) in [6.07, 6.45) is -39.8. The predicted octanol–water partition coefficient (Wildman–Crippen LogP) is -9.58. The van der Waals surface area contributed by atoms with Crippen LogP contribution in [-0.2, 0) is 52.2 Å². The van der Waals surface area contributed by atoms with Crippen molar-refractivity contribution in [1.29, 1.82) is 0 Å². The van der Waals surface area contributed by atoms with Crippen LogP contribution in [0.15, 0.2) is 0 Å². The van der Waals surface area contributed by atoms with Crippen LogP contribution < -0.4 is 10.6 Å². The molecular formula is C34H58N2O24. The number of amides is 2. The maximum atomic E-state index is 12.7. The first-order valence-electron chi connectivity index (χ1n) is 19.3. The van der Waals surface area contributed by atoms with Gasteiger partial charge < -0.3 is 120 Å². The summed E-state index contributed by atoms with van der Waals surface area (Å²) in [5.74, 6) is -1.57. The molecule has 0 aromatic heterocycles. The molecule has 26 nitrogen and oxygen atoms in total. The van der Waals surface area contributed by atoms with E-state index in [4.69, 9.17) is 42.6 Å². The Balaban J connectivity index is 1.48. The van der Waals surface area contributed by atoms with E-state index in [9.17, 15) is 76.0 Å². The summed E-state index contributed by atoms with van der Waals surface area (Å²) in [7, 11) is 0. The Kier molecular flexibility index (Phi) is 16.9. The standard InChI is InChI=1S/C34H58N2O24/c1-8-17(42)22(47)24(49)33(52-8)58-27-16(36-11(4)41)31(55-14(7-39)20(27)45)57-26-15(35-10(3)40)32(56-13(6-38)19(26)44)59-28-21(46)12(5-37)54-30(51)29(28)60-34-25(50)23(48)18(43)9(2)53-34/h8-9,12-34,37-39,42-51H,5-7H2,1-4H3,(H,35,40)(H,36,41)/t8-,9-,12+,13+,14+,15+,16+,17+,18+,19-,20+,21-,22+,23+,24-,25-,26+,27+,28-,29+,30?,31+,32+,33-,34-/m0/s1. The van der Waals surface area contributed by atoms with Gasteiger partial charge in [0.1, 0.15) is 110 Å². The molecule has 0 aliphatic carbocycles. The van der Waals surface area contributed by atoms with E-state index < -0.39 is 185 Å². The number of rotatable bonds is 13. The molecule has 0 bridgehead atoms. The zero-order valence-electron chi connectivity index (χ0n) is 32.9. The summed E-state index contributed by atoms with van der Waals surface area (Å²) in [6.45, 7) is 2.04. The Morgan fingerprint density at radius 1 is 0.433 bits per heavy atom. The summed E-state index contributed by atoms with van der Waals surface area (Å²) in [5, 5.41) is 143. The molecule has 0 radical (unpaired) electrons. The molecule has 348 valence electrons. The number of aliphatic hydroxyl groups excluding tert-OH is 13. The van der Waals surface area contributed by atoms with Crippen molar-refractivity contribution in [2.24, 2.45) is 0 Å². The van der Waals surface area contributed by atoms with Crippen LogP contribution >= 0.6 is 0 Å². The Bertz CT molecular complexity index is 1410. The molecule has 0 aromatic carbocycles. The molecule has 5 rings (SSSR count). The van der Waals surface area contributed by atoms with Gasteiger partial charge in [0.2, 0.25) is 11.8 Å². The zero-order chi connectivity index (χ0) is 44.5. The van der Waals surface area contributed by atoms with Gasteiger partial charge in [0, 0.05) is 13.8 Å². The maximum Gasteiger partial charge on any atom is 0.217 e. The molecule has 2 amide bonds. The lowest BCUT2D eigenvalue weighted by Gasteiger charge is -2.51. The molecule has 0 spiro atoms. The SMILES string of the molecule is CC(=O)N[C@H]1[C@@H](O[C@H]2[C@@H](O)[C@@H](CO)OC(O)[C@@H]2O[C@@H]2O[C@@H](C)[C@@H](O)[C@@H](O)[C@@H]2O)O[C@H](CO)[C@H](O)[C@@H]1O[C@H]1O[C@H](CO)[C@@H](O)[C@H](O[C@@H]2O[C@@H](C)[C@@H](O)[C@@H](O)[C@@H]2O)[C@H]1NC(C)=O. The lowest BCUT2D eigenvalue weighted by atomic mass is 9.93. The zero-order valence-corrected chi connectivity index (χ0v) is 32.9. The molecule has 5 aliphatic heterocycles. The van der Waals surface area contributed by atoms with Crippen LogP contribution in [0.1, 0.15) is 27.7 Å². The average molecular weight is 879 g/mol. The molecule has 5 aliphatic rings. The quantitative estimate of drug-likeness (QED) is 0.0817. The summed E-state index contributed by atoms with van der Waals surface area (Å²) in [6, 6.07) is -3.32. The summed E-state index contributed by atoms with van der Waals surface area (Å²) >= 11 is 0. The number of aliphatic hydroxyl groups is 13. The smallest absolute Gasteiger partial charge is 0.217 e. The van der Waals surface area contributed by atoms with Gasteiger partial charge in [-0.1, -0.05) is 0 Å². The fraction of sp³-hybridized carbons (Fsp3) is 0.941. The van der Waals surface area contributed by atoms with Crippen molar-refractivity contribution < 1.29 is 119 Å². The number of carbonyl (C=O) groups excluding carboxylic acids is 2. The summed E-state index contributed by atoms with van der Waals surface area (Å²) < 4.78 is 51.9. The van der Waals surface area contributed by atoms with Crippen molar-refractivity contribution in [2.75, 3.05) is 19.8 Å². The topological polar surface area (TPSA) is 404 Å². The van der Waals surface area contributed by atoms with Gasteiger partial charge in [-0.05, 0) is 13.8 Å². The van der Waals surface area contributed by atoms with Crippen molar-refractivity contribution in [3.8, 4) is 0 Å². The minimum Gasteiger partial charge on any atom is -0.394 e. The first kappa shape index (κ1) is 49.1. The molecule has 0 aromatic rings. The first-order chi connectivity index (χ1) is 28.2. The van der Waals surface area contributed by atoms with Crippen molar-refractivity contribution in [2.45, 2.75) is 181 Å². The molecule has 26 heteroatoms. The van der Waals surface area contributed by atoms with Crippen LogP contribution in [0.5, 0.6) is 0 Å². The number of carbonyl (C=O) groups is 2. The van der Waals surface area contributed by atoms with E-state index in [0.717, 1.165) is 13.8 Å². The van der Waals surface area contributed by atoms with Gasteiger partial charge in [-0.25, -0.2) is 0 Å². The van der Waals surface area contributed by atoms with E-state index in [-0.39, 0.29) is 0 Å². The molecule has 0 saturated carbocycles. The van der Waals surface area contributed by atoms with E-state index >= 15 is 0 Å². The highest BCUT2D eigenvalue weighted by atomic mass is 16.8. The average Bonchev–Trinajstić information content (AvgIpc) is 3.20. The summed E-state index contributed by atoms with van der Waals surface area (Å²) in [4.78, 5) is 25.3. The third kappa shape index (κ3) is 10.4. The van der Waals surface area contributed by atoms with Crippen LogP contribution in [-0.4, -0.2) is 251 Å². The van der Waals surface area contributed by atoms with Crippen LogP contribution in [0.2, 0.25) is 0 Å². The Labute approximate surface area is 342 Å². The van der Waals surface area contributed by atoms with E-state index in [0.29, 0.717) is 0 Å². The first-order valence-corrected chi connectivity index (χ1v) is 19.3. The van der Waals surface area contributed by atoms with E-state index in [1.807, 2.05) is 0 Å². The van der Waals surface area contributed by atoms with Crippen LogP contribution in [0.3, 0.4) is 0 Å². The molecule has 5 saturated heterocycles. The van der Waals surface area contributed by atoms with Crippen molar-refractivity contribution in [3.63, 3.8) is 0 Å². The largest absolute Gasteiger partial charge is 0.394 e. The van der Waals surface area contributed by atoms with Gasteiger partial charge in [-0.2, -0.15) is 0 Å². The third-order valence-corrected chi connectivity index (χ3v) is 11.0. The third-order valence-electron chi connectivity index (χ3n) is 11.0. The number of ether oxygens (including phenoxy) is 9. The predicted molar refractivity (Wildman–Crippen MR) is 187 cm³/mol. The van der Waals surface area contributed by atoms with Crippen LogP contribution in [0, 0.1) is 0 Å². The Morgan fingerprint density at radius 3 is 1.15 bits per heavy atom. The lowest BCUT2D eigenvalue weighted by molar-refractivity contribution is -0.386. The van der Waals surface area contributed by atoms with Gasteiger partial charge >= 0.3 is 0 Å². The van der Waals surface area contributed by atoms with Crippen LogP contribution in [0.25, 0.3) is 0 Å². The molecular weight excluding hydrogens is 820 g/mol. The highest BCUT2D eigenvalue weighted by Gasteiger charge is 2.57. The minimum atomic E-state index is -2.06. The normalized spacial score (nSPS) is 50.2. The summed E-state index contributed by atoms with van der Waals surface area (Å²) in [5.41, 5.74) is 0. The molecule has 15 N–H and O–H groups in total. The highest BCUT2D eigenvalue weighted by Crippen LogP contribution is 2.36. The van der Waals surface area contributed by atoms with Gasteiger partial charge in [0.25, 0.3) is 0 Å². The Hall–Kier alpha value is -1.94. The number of hydrogen-bond donors (Lipinski definition) is 15. The molecule has 5 heterocycles. The minimum absolute atomic E-state index is 0.769. The van der Waals surface area contributed by atoms with Gasteiger partial charge in [0.15, 0.2) is 31.5 Å². The van der Waals surface area contributed by atoms with Crippen molar-refractivity contribution in [3.05, 3.63) is 0 Å². The van der Waals surface area contributed by atoms with Gasteiger partial charge in [-0.3, -0.25) is 9.59 Å². The van der Waals surface area contributed by atoms with E-state index in [1.54, 1.807) is 0 Å². The maximum absolute atomic E-state index is 12.7. The second kappa shape index (κ2) is 20.7. The van der Waals surface area contributed by atoms with Crippen molar-refractivity contribution >= 4 is 11.8 Å².